The van der Waals surface area contributed by atoms with Gasteiger partial charge in [-0.1, -0.05) is 13.0 Å². The first kappa shape index (κ1) is 20.9. The van der Waals surface area contributed by atoms with Crippen molar-refractivity contribution in [1.29, 1.82) is 0 Å². The molecule has 1 aromatic rings. The van der Waals surface area contributed by atoms with E-state index in [1.54, 1.807) is 13.0 Å². The van der Waals surface area contributed by atoms with Gasteiger partial charge in [-0.25, -0.2) is 17.9 Å². The van der Waals surface area contributed by atoms with Gasteiger partial charge in [-0.2, -0.15) is 0 Å². The number of carbonyl (C=O) groups excluding carboxylic acids is 1. The molecule has 126 valence electrons. The molecule has 2 N–H and O–H groups in total. The average Bonchev–Trinajstić information content (AvgIpc) is 2.45. The zero-order valence-corrected chi connectivity index (χ0v) is 14.8. The summed E-state index contributed by atoms with van der Waals surface area (Å²) < 4.78 is 31.9. The van der Waals surface area contributed by atoms with E-state index in [0.717, 1.165) is 6.54 Å². The van der Waals surface area contributed by atoms with Gasteiger partial charge in [0.15, 0.2) is 0 Å². The molecule has 0 aliphatic rings. The summed E-state index contributed by atoms with van der Waals surface area (Å²) in [6.07, 6.45) is 0. The number of halogens is 1. The number of sulfonamides is 1. The van der Waals surface area contributed by atoms with E-state index in [-0.39, 0.29) is 35.5 Å². The monoisotopic (exact) mass is 350 g/mol. The topological polar surface area (TPSA) is 84.5 Å². The van der Waals surface area contributed by atoms with Crippen molar-refractivity contribution in [1.82, 2.24) is 10.0 Å². The molecule has 6 nitrogen and oxygen atoms in total. The highest BCUT2D eigenvalue weighted by Gasteiger charge is 2.21. The van der Waals surface area contributed by atoms with Crippen molar-refractivity contribution in [3.05, 3.63) is 29.3 Å². The Morgan fingerprint density at radius 1 is 1.36 bits per heavy atom. The number of likely N-dealkylation sites (N-methyl/N-ethyl adjacent to an activating group) is 1. The molecular weight excluding hydrogens is 328 g/mol. The fourth-order valence-electron chi connectivity index (χ4n) is 1.97. The highest BCUT2D eigenvalue weighted by Crippen LogP contribution is 2.19. The largest absolute Gasteiger partial charge is 0.465 e. The molecule has 1 atom stereocenters. The van der Waals surface area contributed by atoms with Crippen LogP contribution in [0.1, 0.15) is 29.8 Å². The number of hydrogen-bond donors (Lipinski definition) is 2. The molecule has 0 spiro atoms. The zero-order chi connectivity index (χ0) is 16.0. The van der Waals surface area contributed by atoms with Gasteiger partial charge in [0.1, 0.15) is 0 Å². The number of nitrogens with one attached hydrogen (secondary N) is 2. The van der Waals surface area contributed by atoms with Gasteiger partial charge in [0.2, 0.25) is 10.0 Å². The van der Waals surface area contributed by atoms with Crippen LogP contribution in [0.4, 0.5) is 0 Å². The van der Waals surface area contributed by atoms with Crippen LogP contribution >= 0.6 is 12.4 Å². The Balaban J connectivity index is 0.00000441. The molecule has 0 radical (unpaired) electrons. The van der Waals surface area contributed by atoms with Crippen LogP contribution in [0.15, 0.2) is 23.1 Å². The summed E-state index contributed by atoms with van der Waals surface area (Å²) in [6.45, 7) is 6.48. The summed E-state index contributed by atoms with van der Waals surface area (Å²) in [6, 6.07) is 4.57. The van der Waals surface area contributed by atoms with Gasteiger partial charge >= 0.3 is 5.97 Å². The highest BCUT2D eigenvalue weighted by atomic mass is 35.5. The summed E-state index contributed by atoms with van der Waals surface area (Å²) >= 11 is 0. The quantitative estimate of drug-likeness (QED) is 0.728. The highest BCUT2D eigenvalue weighted by molar-refractivity contribution is 7.89. The van der Waals surface area contributed by atoms with E-state index in [9.17, 15) is 13.2 Å². The Morgan fingerprint density at radius 3 is 2.55 bits per heavy atom. The standard InChI is InChI=1S/C14H22N2O4S.ClH/c1-5-15-10(2)9-16-21(18,19)13-8-6-7-12(11(13)3)14(17)20-4;/h6-8,10,15-16H,5,9H2,1-4H3;1H/t10-;/m1./s1. The maximum Gasteiger partial charge on any atom is 0.338 e. The van der Waals surface area contributed by atoms with Gasteiger partial charge in [-0.05, 0) is 38.1 Å². The van der Waals surface area contributed by atoms with Crippen LogP contribution in [0.5, 0.6) is 0 Å². The smallest absolute Gasteiger partial charge is 0.338 e. The molecule has 0 aromatic heterocycles. The maximum absolute atomic E-state index is 12.3. The maximum atomic E-state index is 12.3. The molecule has 8 heteroatoms. The minimum atomic E-state index is -3.67. The summed E-state index contributed by atoms with van der Waals surface area (Å²) in [7, 11) is -2.40. The third-order valence-electron chi connectivity index (χ3n) is 3.11. The zero-order valence-electron chi connectivity index (χ0n) is 13.2. The number of methoxy groups -OCH3 is 1. The summed E-state index contributed by atoms with van der Waals surface area (Å²) in [4.78, 5) is 11.7. The van der Waals surface area contributed by atoms with Crippen LogP contribution in [-0.2, 0) is 14.8 Å². The summed E-state index contributed by atoms with van der Waals surface area (Å²) in [5.41, 5.74) is 0.632. The van der Waals surface area contributed by atoms with Crippen molar-refractivity contribution < 1.29 is 17.9 Å². The third kappa shape index (κ3) is 5.24. The molecule has 0 heterocycles. The van der Waals surface area contributed by atoms with Gasteiger partial charge in [0.05, 0.1) is 17.6 Å². The molecule has 0 saturated heterocycles. The van der Waals surface area contributed by atoms with Crippen molar-refractivity contribution in [2.75, 3.05) is 20.2 Å². The minimum absolute atomic E-state index is 0. The molecule has 22 heavy (non-hydrogen) atoms. The van der Waals surface area contributed by atoms with E-state index in [1.807, 2.05) is 13.8 Å². The molecular formula is C14H23ClN2O4S. The fourth-order valence-corrected chi connectivity index (χ4v) is 3.37. The van der Waals surface area contributed by atoms with Crippen molar-refractivity contribution in [2.24, 2.45) is 0 Å². The van der Waals surface area contributed by atoms with Crippen LogP contribution in [0.3, 0.4) is 0 Å². The lowest BCUT2D eigenvalue weighted by Crippen LogP contribution is -2.39. The number of hydrogen-bond acceptors (Lipinski definition) is 5. The summed E-state index contributed by atoms with van der Waals surface area (Å²) in [5.74, 6) is -0.550. The Morgan fingerprint density at radius 2 is 2.00 bits per heavy atom. The lowest BCUT2D eigenvalue weighted by atomic mass is 10.1. The predicted molar refractivity (Wildman–Crippen MR) is 88.1 cm³/mol. The normalized spacial score (nSPS) is 12.4. The molecule has 0 aliphatic heterocycles. The first-order valence-corrected chi connectivity index (χ1v) is 8.22. The van der Waals surface area contributed by atoms with E-state index < -0.39 is 16.0 Å². The van der Waals surface area contributed by atoms with E-state index >= 15 is 0 Å². The van der Waals surface area contributed by atoms with Gasteiger partial charge in [0, 0.05) is 12.6 Å². The number of esters is 1. The van der Waals surface area contributed by atoms with Crippen LogP contribution in [0.25, 0.3) is 0 Å². The average molecular weight is 351 g/mol. The number of benzene rings is 1. The number of rotatable bonds is 7. The van der Waals surface area contributed by atoms with Crippen molar-refractivity contribution in [3.63, 3.8) is 0 Å². The lowest BCUT2D eigenvalue weighted by Gasteiger charge is -2.15. The van der Waals surface area contributed by atoms with E-state index in [4.69, 9.17) is 0 Å². The van der Waals surface area contributed by atoms with E-state index in [1.165, 1.54) is 19.2 Å². The first-order chi connectivity index (χ1) is 9.83. The Hall–Kier alpha value is -1.15. The molecule has 0 aliphatic carbocycles. The molecule has 0 amide bonds. The molecule has 1 rings (SSSR count). The van der Waals surface area contributed by atoms with Gasteiger partial charge in [0.25, 0.3) is 0 Å². The molecule has 0 bridgehead atoms. The van der Waals surface area contributed by atoms with Gasteiger partial charge < -0.3 is 10.1 Å². The van der Waals surface area contributed by atoms with Crippen molar-refractivity contribution in [2.45, 2.75) is 31.7 Å². The molecule has 1 aromatic carbocycles. The predicted octanol–water partition coefficient (Wildman–Crippen LogP) is 1.48. The summed E-state index contributed by atoms with van der Waals surface area (Å²) in [5, 5.41) is 3.12. The second-order valence-electron chi connectivity index (χ2n) is 4.73. The van der Waals surface area contributed by atoms with Crippen molar-refractivity contribution >= 4 is 28.4 Å². The van der Waals surface area contributed by atoms with Crippen molar-refractivity contribution in [3.8, 4) is 0 Å². The van der Waals surface area contributed by atoms with Crippen LogP contribution in [0.2, 0.25) is 0 Å². The van der Waals surface area contributed by atoms with Crippen LogP contribution < -0.4 is 10.0 Å². The van der Waals surface area contributed by atoms with E-state index in [2.05, 4.69) is 14.8 Å². The molecule has 0 saturated carbocycles. The fraction of sp³-hybridized carbons (Fsp3) is 0.500. The second kappa shape index (κ2) is 9.09. The van der Waals surface area contributed by atoms with Gasteiger partial charge in [-0.3, -0.25) is 0 Å². The minimum Gasteiger partial charge on any atom is -0.465 e. The first-order valence-electron chi connectivity index (χ1n) is 6.74. The Kier molecular flexibility index (Phi) is 8.62. The molecule has 0 unspecified atom stereocenters. The Bertz CT molecular complexity index is 605. The van der Waals surface area contributed by atoms with Crippen LogP contribution in [0, 0.1) is 6.92 Å². The van der Waals surface area contributed by atoms with E-state index in [0.29, 0.717) is 5.56 Å². The SMILES string of the molecule is CCN[C@H](C)CNS(=O)(=O)c1cccc(C(=O)OC)c1C.Cl. The molecule has 0 fully saturated rings. The second-order valence-corrected chi connectivity index (χ2v) is 6.47. The van der Waals surface area contributed by atoms with Crippen LogP contribution in [-0.4, -0.2) is 40.6 Å². The third-order valence-corrected chi connectivity index (χ3v) is 4.68. The number of carbonyl (C=O) groups is 1. The number of ether oxygens (including phenoxy) is 1. The van der Waals surface area contributed by atoms with Gasteiger partial charge in [-0.15, -0.1) is 12.4 Å². The lowest BCUT2D eigenvalue weighted by molar-refractivity contribution is 0.0599. The Labute approximate surface area is 138 Å².